The Morgan fingerprint density at radius 2 is 1.92 bits per heavy atom. The van der Waals surface area contributed by atoms with Crippen LogP contribution in [0.4, 0.5) is 0 Å². The molecule has 0 saturated heterocycles. The van der Waals surface area contributed by atoms with Crippen molar-refractivity contribution in [1.82, 2.24) is 15.3 Å². The highest BCUT2D eigenvalue weighted by Gasteiger charge is 2.09. The molecule has 0 fully saturated rings. The van der Waals surface area contributed by atoms with Crippen molar-refractivity contribution < 1.29 is 4.79 Å². The standard InChI is InChI=1S/C17H13Cl2N3OS/c18-14-2-1-12(9-15(14)19)16(23)21-8-5-13-10-24-17(22-13)11-3-6-20-7-4-11/h1-4,6-7,9-10H,5,8H2,(H,21,23). The SMILES string of the molecule is O=C(NCCc1csc(-c2ccncc2)n1)c1ccc(Cl)c(Cl)c1. The number of rotatable bonds is 5. The van der Waals surface area contributed by atoms with Gasteiger partial charge in [0.15, 0.2) is 0 Å². The Hall–Kier alpha value is -1.95. The van der Waals surface area contributed by atoms with Crippen LogP contribution in [-0.2, 0) is 6.42 Å². The molecule has 0 spiro atoms. The molecule has 0 unspecified atom stereocenters. The fourth-order valence-electron chi connectivity index (χ4n) is 2.09. The molecular weight excluding hydrogens is 365 g/mol. The van der Waals surface area contributed by atoms with Crippen LogP contribution in [0.15, 0.2) is 48.1 Å². The molecule has 0 aliphatic heterocycles. The van der Waals surface area contributed by atoms with Gasteiger partial charge in [-0.2, -0.15) is 0 Å². The smallest absolute Gasteiger partial charge is 0.251 e. The molecule has 2 heterocycles. The van der Waals surface area contributed by atoms with E-state index in [0.29, 0.717) is 28.6 Å². The Morgan fingerprint density at radius 1 is 1.12 bits per heavy atom. The highest BCUT2D eigenvalue weighted by molar-refractivity contribution is 7.13. The molecule has 1 aromatic carbocycles. The number of hydrogen-bond donors (Lipinski definition) is 1. The lowest BCUT2D eigenvalue weighted by Crippen LogP contribution is -2.25. The van der Waals surface area contributed by atoms with Gasteiger partial charge in [0.1, 0.15) is 5.01 Å². The van der Waals surface area contributed by atoms with Gasteiger partial charge in [0.05, 0.1) is 15.7 Å². The largest absolute Gasteiger partial charge is 0.352 e. The molecule has 24 heavy (non-hydrogen) atoms. The molecule has 0 aliphatic carbocycles. The minimum atomic E-state index is -0.182. The number of nitrogens with zero attached hydrogens (tertiary/aromatic N) is 2. The summed E-state index contributed by atoms with van der Waals surface area (Å²) in [5.41, 5.74) is 2.47. The van der Waals surface area contributed by atoms with Gasteiger partial charge in [0, 0.05) is 41.9 Å². The lowest BCUT2D eigenvalue weighted by Gasteiger charge is -2.05. The molecule has 0 saturated carbocycles. The van der Waals surface area contributed by atoms with Gasteiger partial charge in [0.25, 0.3) is 5.91 Å². The van der Waals surface area contributed by atoms with Gasteiger partial charge < -0.3 is 5.32 Å². The van der Waals surface area contributed by atoms with Crippen molar-refractivity contribution in [2.24, 2.45) is 0 Å². The molecule has 4 nitrogen and oxygen atoms in total. The minimum Gasteiger partial charge on any atom is -0.352 e. The normalized spacial score (nSPS) is 10.6. The fourth-order valence-corrected chi connectivity index (χ4v) is 3.25. The van der Waals surface area contributed by atoms with E-state index in [1.807, 2.05) is 17.5 Å². The first-order valence-corrected chi connectivity index (χ1v) is 8.85. The zero-order chi connectivity index (χ0) is 16.9. The summed E-state index contributed by atoms with van der Waals surface area (Å²) >= 11 is 13.3. The number of nitrogens with one attached hydrogen (secondary N) is 1. The van der Waals surface area contributed by atoms with Gasteiger partial charge >= 0.3 is 0 Å². The van der Waals surface area contributed by atoms with E-state index in [1.54, 1.807) is 41.9 Å². The second kappa shape index (κ2) is 7.75. The third kappa shape index (κ3) is 4.12. The number of aromatic nitrogens is 2. The van der Waals surface area contributed by atoms with E-state index < -0.39 is 0 Å². The zero-order valence-electron chi connectivity index (χ0n) is 12.5. The van der Waals surface area contributed by atoms with Crippen LogP contribution in [-0.4, -0.2) is 22.4 Å². The summed E-state index contributed by atoms with van der Waals surface area (Å²) in [4.78, 5) is 20.7. The molecule has 0 atom stereocenters. The molecule has 122 valence electrons. The molecule has 1 N–H and O–H groups in total. The average Bonchev–Trinajstić information content (AvgIpc) is 3.07. The van der Waals surface area contributed by atoms with E-state index in [9.17, 15) is 4.79 Å². The summed E-state index contributed by atoms with van der Waals surface area (Å²) < 4.78 is 0. The van der Waals surface area contributed by atoms with Gasteiger partial charge in [-0.1, -0.05) is 23.2 Å². The average molecular weight is 378 g/mol. The van der Waals surface area contributed by atoms with E-state index in [2.05, 4.69) is 15.3 Å². The van der Waals surface area contributed by atoms with Crippen molar-refractivity contribution in [3.63, 3.8) is 0 Å². The zero-order valence-corrected chi connectivity index (χ0v) is 14.8. The van der Waals surface area contributed by atoms with Crippen molar-refractivity contribution in [3.8, 4) is 10.6 Å². The first-order chi connectivity index (χ1) is 11.6. The van der Waals surface area contributed by atoms with Crippen molar-refractivity contribution in [3.05, 3.63) is 69.4 Å². The summed E-state index contributed by atoms with van der Waals surface area (Å²) in [6.45, 7) is 0.499. The highest BCUT2D eigenvalue weighted by atomic mass is 35.5. The van der Waals surface area contributed by atoms with Gasteiger partial charge in [-0.05, 0) is 30.3 Å². The molecule has 0 radical (unpaired) electrons. The Balaban J connectivity index is 1.56. The number of pyridine rings is 1. The summed E-state index contributed by atoms with van der Waals surface area (Å²) in [6, 6.07) is 8.67. The predicted octanol–water partition coefficient (Wildman–Crippen LogP) is 4.48. The lowest BCUT2D eigenvalue weighted by atomic mass is 10.2. The second-order valence-corrected chi connectivity index (χ2v) is 6.69. The monoisotopic (exact) mass is 377 g/mol. The van der Waals surface area contributed by atoms with Crippen LogP contribution in [0, 0.1) is 0 Å². The molecule has 3 rings (SSSR count). The van der Waals surface area contributed by atoms with Crippen LogP contribution in [0.5, 0.6) is 0 Å². The van der Waals surface area contributed by atoms with E-state index in [-0.39, 0.29) is 5.91 Å². The summed E-state index contributed by atoms with van der Waals surface area (Å²) in [6.07, 6.45) is 4.15. The topological polar surface area (TPSA) is 54.9 Å². The van der Waals surface area contributed by atoms with Crippen LogP contribution in [0.2, 0.25) is 10.0 Å². The number of carbonyl (C=O) groups excluding carboxylic acids is 1. The Bertz CT molecular complexity index is 852. The maximum atomic E-state index is 12.1. The van der Waals surface area contributed by atoms with Crippen molar-refractivity contribution in [2.75, 3.05) is 6.54 Å². The third-order valence-electron chi connectivity index (χ3n) is 3.33. The Labute approximate surface area is 153 Å². The molecule has 1 amide bonds. The first-order valence-electron chi connectivity index (χ1n) is 7.21. The molecule has 3 aromatic rings. The molecule has 0 aliphatic rings. The molecule has 7 heteroatoms. The van der Waals surface area contributed by atoms with Gasteiger partial charge in [-0.15, -0.1) is 11.3 Å². The first kappa shape index (κ1) is 16.9. The van der Waals surface area contributed by atoms with E-state index in [4.69, 9.17) is 23.2 Å². The van der Waals surface area contributed by atoms with Crippen molar-refractivity contribution in [1.29, 1.82) is 0 Å². The minimum absolute atomic E-state index is 0.182. The van der Waals surface area contributed by atoms with Crippen molar-refractivity contribution >= 4 is 40.4 Å². The van der Waals surface area contributed by atoms with E-state index >= 15 is 0 Å². The Kier molecular flexibility index (Phi) is 5.45. The number of thiazole rings is 1. The van der Waals surface area contributed by atoms with Crippen LogP contribution in [0.25, 0.3) is 10.6 Å². The number of carbonyl (C=O) groups is 1. The van der Waals surface area contributed by atoms with Gasteiger partial charge in [-0.25, -0.2) is 4.98 Å². The third-order valence-corrected chi connectivity index (χ3v) is 5.01. The molecule has 2 aromatic heterocycles. The summed E-state index contributed by atoms with van der Waals surface area (Å²) in [7, 11) is 0. The number of hydrogen-bond acceptors (Lipinski definition) is 4. The molecule has 0 bridgehead atoms. The number of benzene rings is 1. The van der Waals surface area contributed by atoms with Crippen LogP contribution < -0.4 is 5.32 Å². The molecular formula is C17H13Cl2N3OS. The van der Waals surface area contributed by atoms with Gasteiger partial charge in [-0.3, -0.25) is 9.78 Å². The van der Waals surface area contributed by atoms with Gasteiger partial charge in [0.2, 0.25) is 0 Å². The number of halogens is 2. The number of amides is 1. The van der Waals surface area contributed by atoms with Crippen LogP contribution in [0.3, 0.4) is 0 Å². The second-order valence-electron chi connectivity index (χ2n) is 5.01. The van der Waals surface area contributed by atoms with Crippen LogP contribution >= 0.6 is 34.5 Å². The maximum absolute atomic E-state index is 12.1. The predicted molar refractivity (Wildman–Crippen MR) is 97.8 cm³/mol. The Morgan fingerprint density at radius 3 is 2.67 bits per heavy atom. The van der Waals surface area contributed by atoms with E-state index in [0.717, 1.165) is 16.3 Å². The quantitative estimate of drug-likeness (QED) is 0.712. The fraction of sp³-hybridized carbons (Fsp3) is 0.118. The highest BCUT2D eigenvalue weighted by Crippen LogP contribution is 2.23. The summed E-state index contributed by atoms with van der Waals surface area (Å²) in [5, 5.41) is 6.60. The van der Waals surface area contributed by atoms with E-state index in [1.165, 1.54) is 0 Å². The summed E-state index contributed by atoms with van der Waals surface area (Å²) in [5.74, 6) is -0.182. The van der Waals surface area contributed by atoms with Crippen molar-refractivity contribution in [2.45, 2.75) is 6.42 Å². The lowest BCUT2D eigenvalue weighted by molar-refractivity contribution is 0.0954. The van der Waals surface area contributed by atoms with Crippen LogP contribution in [0.1, 0.15) is 16.1 Å². The maximum Gasteiger partial charge on any atom is 0.251 e.